The van der Waals surface area contributed by atoms with Gasteiger partial charge < -0.3 is 15.0 Å². The third kappa shape index (κ3) is 5.39. The molecule has 0 bridgehead atoms. The molecule has 9 nitrogen and oxygen atoms in total. The Kier molecular flexibility index (Phi) is 6.48. The van der Waals surface area contributed by atoms with Crippen LogP contribution in [-0.4, -0.2) is 58.3 Å². The average molecular weight is 504 g/mol. The molecule has 1 N–H and O–H groups in total. The van der Waals surface area contributed by atoms with E-state index in [2.05, 4.69) is 15.3 Å². The number of piperidine rings is 1. The molecule has 0 radical (unpaired) electrons. The Morgan fingerprint density at radius 1 is 1.20 bits per heavy atom. The van der Waals surface area contributed by atoms with E-state index in [9.17, 15) is 17.6 Å². The molecule has 1 fully saturated rings. The molecule has 11 heteroatoms. The number of fused-ring (bicyclic) bond motifs is 1. The number of amides is 1. The third-order valence-electron chi connectivity index (χ3n) is 5.89. The summed E-state index contributed by atoms with van der Waals surface area (Å²) in [7, 11) is -3.71. The summed E-state index contributed by atoms with van der Waals surface area (Å²) in [6.07, 6.45) is 4.90. The van der Waals surface area contributed by atoms with Crippen LogP contribution in [0.4, 0.5) is 20.7 Å². The Labute approximate surface area is 204 Å². The van der Waals surface area contributed by atoms with E-state index in [4.69, 9.17) is 4.74 Å². The zero-order valence-corrected chi connectivity index (χ0v) is 21.3. The lowest BCUT2D eigenvalue weighted by molar-refractivity contribution is 0.0205. The smallest absolute Gasteiger partial charge is 0.410 e. The molecule has 3 heterocycles. The molecule has 2 aromatic heterocycles. The van der Waals surface area contributed by atoms with Gasteiger partial charge in [-0.05, 0) is 64.2 Å². The standard InChI is InChI=1S/C24H30FN5O4S/c1-15-6-7-19(18(25)12-15)28-22-21-20(26-14-27-22)17(13-30(21)35(5,32)33)16-8-10-29(11-9-16)23(31)34-24(2,3)4/h6-7,12-14,16H,8-11H2,1-5H3,(H,26,27,28). The second-order valence-corrected chi connectivity index (χ2v) is 11.8. The van der Waals surface area contributed by atoms with Crippen LogP contribution in [0.5, 0.6) is 0 Å². The number of anilines is 2. The number of rotatable bonds is 4. The van der Waals surface area contributed by atoms with Gasteiger partial charge in [0.2, 0.25) is 10.0 Å². The number of aryl methyl sites for hydroxylation is 1. The lowest BCUT2D eigenvalue weighted by atomic mass is 9.90. The second kappa shape index (κ2) is 9.10. The molecule has 1 aliphatic rings. The summed E-state index contributed by atoms with van der Waals surface area (Å²) < 4.78 is 46.5. The van der Waals surface area contributed by atoms with E-state index in [1.807, 2.05) is 20.8 Å². The van der Waals surface area contributed by atoms with Gasteiger partial charge >= 0.3 is 6.09 Å². The molecule has 188 valence electrons. The first-order valence-electron chi connectivity index (χ1n) is 11.4. The Bertz CT molecular complexity index is 1370. The minimum atomic E-state index is -3.71. The lowest BCUT2D eigenvalue weighted by Gasteiger charge is -2.33. The molecule has 0 atom stereocenters. The number of likely N-dealkylation sites (tertiary alicyclic amines) is 1. The molecule has 0 spiro atoms. The molecule has 0 unspecified atom stereocenters. The number of nitrogens with one attached hydrogen (secondary N) is 1. The van der Waals surface area contributed by atoms with Crippen molar-refractivity contribution in [2.75, 3.05) is 24.7 Å². The molecule has 1 aromatic carbocycles. The molecule has 3 aromatic rings. The zero-order valence-electron chi connectivity index (χ0n) is 20.5. The number of aromatic nitrogens is 3. The summed E-state index contributed by atoms with van der Waals surface area (Å²) in [5.41, 5.74) is 1.87. The van der Waals surface area contributed by atoms with Gasteiger partial charge in [-0.25, -0.2) is 31.5 Å². The molecule has 1 saturated heterocycles. The number of benzene rings is 1. The predicted octanol–water partition coefficient (Wildman–Crippen LogP) is 4.54. The van der Waals surface area contributed by atoms with Crippen molar-refractivity contribution < 1.29 is 22.3 Å². The van der Waals surface area contributed by atoms with E-state index in [0.29, 0.717) is 31.4 Å². The zero-order chi connectivity index (χ0) is 25.5. The number of ether oxygens (including phenoxy) is 1. The molecular formula is C24H30FN5O4S. The summed E-state index contributed by atoms with van der Waals surface area (Å²) in [6, 6.07) is 4.73. The van der Waals surface area contributed by atoms with Crippen LogP contribution >= 0.6 is 0 Å². The molecule has 0 saturated carbocycles. The van der Waals surface area contributed by atoms with Gasteiger partial charge in [-0.15, -0.1) is 0 Å². The Hall–Kier alpha value is -3.21. The van der Waals surface area contributed by atoms with E-state index in [1.165, 1.54) is 12.4 Å². The quantitative estimate of drug-likeness (QED) is 0.557. The van der Waals surface area contributed by atoms with Crippen LogP contribution in [0.3, 0.4) is 0 Å². The van der Waals surface area contributed by atoms with Crippen molar-refractivity contribution in [1.29, 1.82) is 0 Å². The largest absolute Gasteiger partial charge is 0.444 e. The predicted molar refractivity (Wildman–Crippen MR) is 132 cm³/mol. The maximum atomic E-state index is 14.5. The van der Waals surface area contributed by atoms with Gasteiger partial charge in [0.05, 0.1) is 17.5 Å². The third-order valence-corrected chi connectivity index (χ3v) is 6.90. The van der Waals surface area contributed by atoms with Gasteiger partial charge in [0, 0.05) is 24.8 Å². The summed E-state index contributed by atoms with van der Waals surface area (Å²) in [5, 5.41) is 2.93. The van der Waals surface area contributed by atoms with E-state index in [0.717, 1.165) is 21.4 Å². The van der Waals surface area contributed by atoms with Crippen LogP contribution in [0.25, 0.3) is 11.0 Å². The Balaban J connectivity index is 1.68. The van der Waals surface area contributed by atoms with Crippen molar-refractivity contribution in [3.05, 3.63) is 47.7 Å². The fourth-order valence-corrected chi connectivity index (χ4v) is 5.06. The van der Waals surface area contributed by atoms with Crippen LogP contribution < -0.4 is 5.32 Å². The van der Waals surface area contributed by atoms with E-state index in [1.54, 1.807) is 30.2 Å². The van der Waals surface area contributed by atoms with Gasteiger partial charge in [0.1, 0.15) is 23.3 Å². The average Bonchev–Trinajstić information content (AvgIpc) is 3.16. The highest BCUT2D eigenvalue weighted by molar-refractivity contribution is 7.89. The van der Waals surface area contributed by atoms with E-state index < -0.39 is 21.4 Å². The highest BCUT2D eigenvalue weighted by Gasteiger charge is 2.31. The second-order valence-electron chi connectivity index (χ2n) is 9.91. The van der Waals surface area contributed by atoms with Gasteiger partial charge in [0.25, 0.3) is 0 Å². The molecule has 1 aliphatic heterocycles. The minimum absolute atomic E-state index is 0.0157. The number of hydrogen-bond acceptors (Lipinski definition) is 7. The Morgan fingerprint density at radius 2 is 1.89 bits per heavy atom. The molecule has 0 aliphatic carbocycles. The first-order chi connectivity index (χ1) is 16.3. The van der Waals surface area contributed by atoms with Crippen molar-refractivity contribution in [2.24, 2.45) is 0 Å². The number of nitrogens with zero attached hydrogens (tertiary/aromatic N) is 4. The lowest BCUT2D eigenvalue weighted by Crippen LogP contribution is -2.41. The molecule has 1 amide bonds. The van der Waals surface area contributed by atoms with Gasteiger partial charge in [-0.3, -0.25) is 0 Å². The maximum Gasteiger partial charge on any atom is 0.410 e. The maximum absolute atomic E-state index is 14.5. The number of hydrogen-bond donors (Lipinski definition) is 1. The SMILES string of the molecule is Cc1ccc(Nc2ncnc3c(C4CCN(C(=O)OC(C)(C)C)CC4)cn(S(C)(=O)=O)c23)c(F)c1. The van der Waals surface area contributed by atoms with Gasteiger partial charge in [-0.1, -0.05) is 6.07 Å². The fraction of sp³-hybridized carbons (Fsp3) is 0.458. The number of halogens is 1. The summed E-state index contributed by atoms with van der Waals surface area (Å²) in [6.45, 7) is 8.22. The van der Waals surface area contributed by atoms with Crippen LogP contribution in [-0.2, 0) is 14.8 Å². The van der Waals surface area contributed by atoms with Crippen LogP contribution in [0, 0.1) is 12.7 Å². The first-order valence-corrected chi connectivity index (χ1v) is 13.3. The molecule has 4 rings (SSSR count). The fourth-order valence-electron chi connectivity index (χ4n) is 4.25. The van der Waals surface area contributed by atoms with Crippen LogP contribution in [0.15, 0.2) is 30.7 Å². The van der Waals surface area contributed by atoms with Gasteiger partial charge in [0.15, 0.2) is 5.82 Å². The van der Waals surface area contributed by atoms with E-state index >= 15 is 0 Å². The number of carbonyl (C=O) groups is 1. The van der Waals surface area contributed by atoms with Crippen molar-refractivity contribution in [3.8, 4) is 0 Å². The Morgan fingerprint density at radius 3 is 2.49 bits per heavy atom. The highest BCUT2D eigenvalue weighted by atomic mass is 32.2. The van der Waals surface area contributed by atoms with Crippen molar-refractivity contribution in [1.82, 2.24) is 18.8 Å². The van der Waals surface area contributed by atoms with Gasteiger partial charge in [-0.2, -0.15) is 0 Å². The van der Waals surface area contributed by atoms with Crippen molar-refractivity contribution in [2.45, 2.75) is 52.1 Å². The van der Waals surface area contributed by atoms with E-state index in [-0.39, 0.29) is 29.0 Å². The normalized spacial score (nSPS) is 15.4. The summed E-state index contributed by atoms with van der Waals surface area (Å²) in [5.74, 6) is -0.289. The minimum Gasteiger partial charge on any atom is -0.444 e. The van der Waals surface area contributed by atoms with Crippen LogP contribution in [0.1, 0.15) is 50.7 Å². The first kappa shape index (κ1) is 24.9. The molecular weight excluding hydrogens is 473 g/mol. The highest BCUT2D eigenvalue weighted by Crippen LogP contribution is 2.37. The monoisotopic (exact) mass is 503 g/mol. The number of carbonyl (C=O) groups excluding carboxylic acids is 1. The van der Waals surface area contributed by atoms with Crippen molar-refractivity contribution in [3.63, 3.8) is 0 Å². The summed E-state index contributed by atoms with van der Waals surface area (Å²) in [4.78, 5) is 22.7. The topological polar surface area (TPSA) is 106 Å². The molecule has 35 heavy (non-hydrogen) atoms. The summed E-state index contributed by atoms with van der Waals surface area (Å²) >= 11 is 0. The van der Waals surface area contributed by atoms with Crippen molar-refractivity contribution >= 4 is 38.7 Å². The van der Waals surface area contributed by atoms with Crippen LogP contribution in [0.2, 0.25) is 0 Å².